The Morgan fingerprint density at radius 3 is 2.29 bits per heavy atom. The molecular weight excluding hydrogens is 208 g/mol. The molecular formula is C16H26O. The summed E-state index contributed by atoms with van der Waals surface area (Å²) < 4.78 is 6.02. The standard InChI is InChI=1S/C16H26O/c1-3-5-8-13-16(17-14-6-4-2)15-11-9-7-10-12-15/h7,9-12,16H,3-6,8,13-14H2,1-2H3. The molecule has 0 aromatic heterocycles. The average molecular weight is 234 g/mol. The highest BCUT2D eigenvalue weighted by Gasteiger charge is 2.10. The van der Waals surface area contributed by atoms with Crippen molar-refractivity contribution >= 4 is 0 Å². The topological polar surface area (TPSA) is 9.23 Å². The SMILES string of the molecule is CCCCCC(OCCCC)c1ccccc1. The molecule has 96 valence electrons. The van der Waals surface area contributed by atoms with Crippen molar-refractivity contribution < 1.29 is 4.74 Å². The number of ether oxygens (including phenoxy) is 1. The first-order chi connectivity index (χ1) is 8.38. The maximum absolute atomic E-state index is 6.02. The van der Waals surface area contributed by atoms with E-state index in [2.05, 4.69) is 44.2 Å². The van der Waals surface area contributed by atoms with Gasteiger partial charge in [-0.05, 0) is 18.4 Å². The Balaban J connectivity index is 2.46. The molecule has 0 spiro atoms. The molecule has 0 saturated carbocycles. The van der Waals surface area contributed by atoms with Gasteiger partial charge >= 0.3 is 0 Å². The van der Waals surface area contributed by atoms with Crippen LogP contribution in [0.15, 0.2) is 30.3 Å². The lowest BCUT2D eigenvalue weighted by atomic mass is 10.0. The summed E-state index contributed by atoms with van der Waals surface area (Å²) in [7, 11) is 0. The predicted molar refractivity (Wildman–Crippen MR) is 74.2 cm³/mol. The van der Waals surface area contributed by atoms with Crippen LogP contribution in [0.2, 0.25) is 0 Å². The molecule has 1 aromatic rings. The van der Waals surface area contributed by atoms with Gasteiger partial charge < -0.3 is 4.74 Å². The van der Waals surface area contributed by atoms with Crippen molar-refractivity contribution in [3.8, 4) is 0 Å². The summed E-state index contributed by atoms with van der Waals surface area (Å²) in [6.07, 6.45) is 7.67. The lowest BCUT2D eigenvalue weighted by Gasteiger charge is -2.18. The fraction of sp³-hybridized carbons (Fsp3) is 0.625. The summed E-state index contributed by atoms with van der Waals surface area (Å²) in [6, 6.07) is 10.6. The lowest BCUT2D eigenvalue weighted by molar-refractivity contribution is 0.0430. The third kappa shape index (κ3) is 5.88. The molecule has 1 aromatic carbocycles. The third-order valence-electron chi connectivity index (χ3n) is 3.06. The monoisotopic (exact) mass is 234 g/mol. The molecule has 0 heterocycles. The second-order valence-electron chi connectivity index (χ2n) is 4.62. The van der Waals surface area contributed by atoms with Gasteiger partial charge in [-0.1, -0.05) is 69.9 Å². The molecule has 0 radical (unpaired) electrons. The molecule has 0 N–H and O–H groups in total. The van der Waals surface area contributed by atoms with Gasteiger partial charge in [-0.25, -0.2) is 0 Å². The number of hydrogen-bond acceptors (Lipinski definition) is 1. The first-order valence-electron chi connectivity index (χ1n) is 7.05. The summed E-state index contributed by atoms with van der Waals surface area (Å²) in [6.45, 7) is 5.34. The Morgan fingerprint density at radius 2 is 1.65 bits per heavy atom. The van der Waals surface area contributed by atoms with E-state index < -0.39 is 0 Å². The van der Waals surface area contributed by atoms with E-state index in [0.29, 0.717) is 6.10 Å². The van der Waals surface area contributed by atoms with Crippen molar-refractivity contribution in [3.05, 3.63) is 35.9 Å². The Morgan fingerprint density at radius 1 is 0.941 bits per heavy atom. The van der Waals surface area contributed by atoms with Crippen molar-refractivity contribution in [2.75, 3.05) is 6.61 Å². The van der Waals surface area contributed by atoms with Crippen LogP contribution in [-0.4, -0.2) is 6.61 Å². The quantitative estimate of drug-likeness (QED) is 0.538. The van der Waals surface area contributed by atoms with Crippen molar-refractivity contribution in [2.45, 2.75) is 58.5 Å². The zero-order valence-corrected chi connectivity index (χ0v) is 11.3. The zero-order valence-electron chi connectivity index (χ0n) is 11.3. The summed E-state index contributed by atoms with van der Waals surface area (Å²) in [5, 5.41) is 0. The molecule has 1 atom stereocenters. The van der Waals surface area contributed by atoms with E-state index in [1.807, 2.05) is 0 Å². The molecule has 1 rings (SSSR count). The highest BCUT2D eigenvalue weighted by atomic mass is 16.5. The molecule has 0 fully saturated rings. The fourth-order valence-electron chi connectivity index (χ4n) is 1.96. The summed E-state index contributed by atoms with van der Waals surface area (Å²) in [4.78, 5) is 0. The van der Waals surface area contributed by atoms with Crippen LogP contribution in [0.1, 0.15) is 64.0 Å². The molecule has 0 amide bonds. The van der Waals surface area contributed by atoms with E-state index in [9.17, 15) is 0 Å². The minimum absolute atomic E-state index is 0.300. The molecule has 1 heteroatoms. The van der Waals surface area contributed by atoms with Gasteiger partial charge in [-0.15, -0.1) is 0 Å². The summed E-state index contributed by atoms with van der Waals surface area (Å²) in [5.74, 6) is 0. The highest BCUT2D eigenvalue weighted by molar-refractivity contribution is 5.17. The zero-order chi connectivity index (χ0) is 12.3. The van der Waals surface area contributed by atoms with Gasteiger partial charge in [0.05, 0.1) is 6.10 Å². The van der Waals surface area contributed by atoms with Crippen LogP contribution in [-0.2, 0) is 4.74 Å². The van der Waals surface area contributed by atoms with Crippen LogP contribution in [0.3, 0.4) is 0 Å². The predicted octanol–water partition coefficient (Wildman–Crippen LogP) is 5.12. The van der Waals surface area contributed by atoms with E-state index in [-0.39, 0.29) is 0 Å². The number of benzene rings is 1. The smallest absolute Gasteiger partial charge is 0.0824 e. The van der Waals surface area contributed by atoms with Gasteiger partial charge in [-0.3, -0.25) is 0 Å². The lowest BCUT2D eigenvalue weighted by Crippen LogP contribution is -2.05. The largest absolute Gasteiger partial charge is 0.374 e. The molecule has 17 heavy (non-hydrogen) atoms. The fourth-order valence-corrected chi connectivity index (χ4v) is 1.96. The van der Waals surface area contributed by atoms with Crippen LogP contribution in [0, 0.1) is 0 Å². The molecule has 0 bridgehead atoms. The van der Waals surface area contributed by atoms with Crippen molar-refractivity contribution in [1.29, 1.82) is 0 Å². The second-order valence-corrected chi connectivity index (χ2v) is 4.62. The van der Waals surface area contributed by atoms with E-state index in [1.54, 1.807) is 0 Å². The maximum Gasteiger partial charge on any atom is 0.0824 e. The van der Waals surface area contributed by atoms with Crippen LogP contribution in [0.4, 0.5) is 0 Å². The maximum atomic E-state index is 6.02. The van der Waals surface area contributed by atoms with E-state index in [1.165, 1.54) is 31.2 Å². The molecule has 0 aliphatic rings. The number of hydrogen-bond donors (Lipinski definition) is 0. The van der Waals surface area contributed by atoms with Gasteiger partial charge in [-0.2, -0.15) is 0 Å². The summed E-state index contributed by atoms with van der Waals surface area (Å²) >= 11 is 0. The molecule has 0 aliphatic carbocycles. The van der Waals surface area contributed by atoms with E-state index in [0.717, 1.165) is 19.4 Å². The minimum atomic E-state index is 0.300. The van der Waals surface area contributed by atoms with E-state index in [4.69, 9.17) is 4.74 Å². The molecule has 0 aliphatic heterocycles. The Hall–Kier alpha value is -0.820. The van der Waals surface area contributed by atoms with E-state index >= 15 is 0 Å². The van der Waals surface area contributed by atoms with Gasteiger partial charge in [0.25, 0.3) is 0 Å². The van der Waals surface area contributed by atoms with Crippen LogP contribution in [0.25, 0.3) is 0 Å². The van der Waals surface area contributed by atoms with Gasteiger partial charge in [0.15, 0.2) is 0 Å². The number of rotatable bonds is 9. The first kappa shape index (κ1) is 14.2. The van der Waals surface area contributed by atoms with Crippen molar-refractivity contribution in [3.63, 3.8) is 0 Å². The highest BCUT2D eigenvalue weighted by Crippen LogP contribution is 2.24. The second kappa shape index (κ2) is 9.23. The van der Waals surface area contributed by atoms with Gasteiger partial charge in [0.1, 0.15) is 0 Å². The Labute approximate surface area is 106 Å². The summed E-state index contributed by atoms with van der Waals surface area (Å²) in [5.41, 5.74) is 1.33. The van der Waals surface area contributed by atoms with Gasteiger partial charge in [0, 0.05) is 6.61 Å². The van der Waals surface area contributed by atoms with Crippen molar-refractivity contribution in [2.24, 2.45) is 0 Å². The normalized spacial score (nSPS) is 12.6. The van der Waals surface area contributed by atoms with Crippen LogP contribution in [0.5, 0.6) is 0 Å². The minimum Gasteiger partial charge on any atom is -0.374 e. The third-order valence-corrected chi connectivity index (χ3v) is 3.06. The van der Waals surface area contributed by atoms with Crippen molar-refractivity contribution in [1.82, 2.24) is 0 Å². The number of unbranched alkanes of at least 4 members (excludes halogenated alkanes) is 3. The Kier molecular flexibility index (Phi) is 7.74. The molecule has 1 unspecified atom stereocenters. The van der Waals surface area contributed by atoms with Crippen LogP contribution < -0.4 is 0 Å². The van der Waals surface area contributed by atoms with Gasteiger partial charge in [0.2, 0.25) is 0 Å². The first-order valence-corrected chi connectivity index (χ1v) is 7.05. The van der Waals surface area contributed by atoms with Crippen LogP contribution >= 0.6 is 0 Å². The Bertz CT molecular complexity index is 258. The molecule has 1 nitrogen and oxygen atoms in total. The average Bonchev–Trinajstić information content (AvgIpc) is 2.38. The molecule has 0 saturated heterocycles.